The molecule has 2 heteroatoms. The van der Waals surface area contributed by atoms with Crippen molar-refractivity contribution >= 4 is 5.78 Å². The van der Waals surface area contributed by atoms with E-state index in [-0.39, 0.29) is 5.92 Å². The van der Waals surface area contributed by atoms with Crippen molar-refractivity contribution in [2.45, 2.75) is 46.0 Å². The van der Waals surface area contributed by atoms with Crippen molar-refractivity contribution < 1.29 is 4.79 Å². The molecule has 92 valence electrons. The Labute approximate surface area is 103 Å². The summed E-state index contributed by atoms with van der Waals surface area (Å²) in [6.07, 6.45) is 4.95. The van der Waals surface area contributed by atoms with Gasteiger partial charge in [-0.05, 0) is 44.2 Å². The third kappa shape index (κ3) is 3.15. The van der Waals surface area contributed by atoms with Crippen molar-refractivity contribution in [3.63, 3.8) is 0 Å². The van der Waals surface area contributed by atoms with E-state index in [1.807, 2.05) is 25.1 Å². The highest BCUT2D eigenvalue weighted by Gasteiger charge is 2.28. The maximum Gasteiger partial charge on any atom is 0.136 e. The normalized spacial score (nSPS) is 24.9. The minimum absolute atomic E-state index is 0.211. The van der Waals surface area contributed by atoms with E-state index in [0.717, 1.165) is 43.0 Å². The summed E-state index contributed by atoms with van der Waals surface area (Å²) in [5.41, 5.74) is 2.11. The molecule has 0 bridgehead atoms. The van der Waals surface area contributed by atoms with Crippen LogP contribution in [0.4, 0.5) is 0 Å². The summed E-state index contributed by atoms with van der Waals surface area (Å²) in [6, 6.07) is 6.07. The van der Waals surface area contributed by atoms with Crippen LogP contribution in [0.2, 0.25) is 0 Å². The van der Waals surface area contributed by atoms with E-state index in [0.29, 0.717) is 5.78 Å². The third-order valence-corrected chi connectivity index (χ3v) is 3.85. The SMILES string of the molecule is CCC1CCC(=O)C(Cc2cccc(C)n2)C1. The standard InChI is InChI=1S/C15H21NO/c1-3-12-7-8-15(17)13(9-12)10-14-6-4-5-11(2)16-14/h4-6,12-13H,3,7-10H2,1-2H3. The number of ketones is 1. The lowest BCUT2D eigenvalue weighted by molar-refractivity contribution is -0.125. The van der Waals surface area contributed by atoms with Gasteiger partial charge in [0, 0.05) is 23.7 Å². The second kappa shape index (κ2) is 5.44. The zero-order valence-electron chi connectivity index (χ0n) is 10.8. The minimum Gasteiger partial charge on any atom is -0.299 e. The van der Waals surface area contributed by atoms with Crippen LogP contribution in [0.3, 0.4) is 0 Å². The fourth-order valence-corrected chi connectivity index (χ4v) is 2.74. The quantitative estimate of drug-likeness (QED) is 0.798. The monoisotopic (exact) mass is 231 g/mol. The molecule has 1 aromatic heterocycles. The van der Waals surface area contributed by atoms with Crippen molar-refractivity contribution in [2.75, 3.05) is 0 Å². The second-order valence-corrected chi connectivity index (χ2v) is 5.19. The summed E-state index contributed by atoms with van der Waals surface area (Å²) in [5, 5.41) is 0. The Morgan fingerprint density at radius 1 is 1.41 bits per heavy atom. The molecule has 2 unspecified atom stereocenters. The Bertz CT molecular complexity index is 400. The van der Waals surface area contributed by atoms with Crippen LogP contribution in [0.25, 0.3) is 0 Å². The van der Waals surface area contributed by atoms with Crippen LogP contribution in [0.5, 0.6) is 0 Å². The molecule has 0 spiro atoms. The third-order valence-electron chi connectivity index (χ3n) is 3.85. The number of aryl methyl sites for hydroxylation is 1. The van der Waals surface area contributed by atoms with Crippen molar-refractivity contribution in [3.05, 3.63) is 29.6 Å². The molecule has 1 aliphatic rings. The Hall–Kier alpha value is -1.18. The van der Waals surface area contributed by atoms with Crippen LogP contribution < -0.4 is 0 Å². The van der Waals surface area contributed by atoms with Gasteiger partial charge in [0.05, 0.1) is 0 Å². The van der Waals surface area contributed by atoms with Crippen molar-refractivity contribution in [2.24, 2.45) is 11.8 Å². The van der Waals surface area contributed by atoms with Crippen LogP contribution in [0.15, 0.2) is 18.2 Å². The first-order valence-corrected chi connectivity index (χ1v) is 6.64. The molecule has 2 atom stereocenters. The highest BCUT2D eigenvalue weighted by Crippen LogP contribution is 2.30. The zero-order chi connectivity index (χ0) is 12.3. The molecule has 0 N–H and O–H groups in total. The van der Waals surface area contributed by atoms with E-state index in [1.165, 1.54) is 6.42 Å². The predicted octanol–water partition coefficient (Wildman–Crippen LogP) is 3.33. The van der Waals surface area contributed by atoms with Gasteiger partial charge in [0.1, 0.15) is 5.78 Å². The van der Waals surface area contributed by atoms with Crippen LogP contribution in [0, 0.1) is 18.8 Å². The summed E-state index contributed by atoms with van der Waals surface area (Å²) in [6.45, 7) is 4.23. The summed E-state index contributed by atoms with van der Waals surface area (Å²) in [7, 11) is 0. The Morgan fingerprint density at radius 3 is 2.94 bits per heavy atom. The van der Waals surface area contributed by atoms with E-state index in [2.05, 4.69) is 11.9 Å². The predicted molar refractivity (Wildman–Crippen MR) is 68.8 cm³/mol. The Balaban J connectivity index is 2.04. The molecule has 1 fully saturated rings. The molecule has 1 aliphatic carbocycles. The van der Waals surface area contributed by atoms with Gasteiger partial charge in [-0.2, -0.15) is 0 Å². The number of Topliss-reactive ketones (excluding diaryl/α,β-unsaturated/α-hetero) is 1. The summed E-state index contributed by atoms with van der Waals surface area (Å²) < 4.78 is 0. The van der Waals surface area contributed by atoms with E-state index < -0.39 is 0 Å². The van der Waals surface area contributed by atoms with Gasteiger partial charge in [-0.15, -0.1) is 0 Å². The first-order chi connectivity index (χ1) is 8.19. The van der Waals surface area contributed by atoms with Crippen LogP contribution in [-0.4, -0.2) is 10.8 Å². The molecule has 1 heterocycles. The lowest BCUT2D eigenvalue weighted by Crippen LogP contribution is -2.26. The van der Waals surface area contributed by atoms with Gasteiger partial charge in [0.2, 0.25) is 0 Å². The highest BCUT2D eigenvalue weighted by molar-refractivity contribution is 5.81. The lowest BCUT2D eigenvalue weighted by atomic mass is 9.77. The van der Waals surface area contributed by atoms with Gasteiger partial charge in [0.15, 0.2) is 0 Å². The molecule has 0 aromatic carbocycles. The number of hydrogen-bond donors (Lipinski definition) is 0. The molecule has 1 aromatic rings. The number of hydrogen-bond acceptors (Lipinski definition) is 2. The fraction of sp³-hybridized carbons (Fsp3) is 0.600. The maximum absolute atomic E-state index is 11.9. The van der Waals surface area contributed by atoms with E-state index >= 15 is 0 Å². The molecule has 0 saturated heterocycles. The molecule has 17 heavy (non-hydrogen) atoms. The number of rotatable bonds is 3. The summed E-state index contributed by atoms with van der Waals surface area (Å²) in [4.78, 5) is 16.4. The average molecular weight is 231 g/mol. The van der Waals surface area contributed by atoms with Gasteiger partial charge >= 0.3 is 0 Å². The number of carbonyl (C=O) groups is 1. The van der Waals surface area contributed by atoms with E-state index in [1.54, 1.807) is 0 Å². The molecule has 0 aliphatic heterocycles. The van der Waals surface area contributed by atoms with Gasteiger partial charge in [0.25, 0.3) is 0 Å². The zero-order valence-corrected chi connectivity index (χ0v) is 10.8. The topological polar surface area (TPSA) is 30.0 Å². The van der Waals surface area contributed by atoms with Gasteiger partial charge in [-0.1, -0.05) is 19.4 Å². The number of aromatic nitrogens is 1. The Kier molecular flexibility index (Phi) is 3.93. The first-order valence-electron chi connectivity index (χ1n) is 6.64. The fourth-order valence-electron chi connectivity index (χ4n) is 2.74. The number of pyridine rings is 1. The molecule has 1 saturated carbocycles. The highest BCUT2D eigenvalue weighted by atomic mass is 16.1. The lowest BCUT2D eigenvalue weighted by Gasteiger charge is -2.27. The van der Waals surface area contributed by atoms with Gasteiger partial charge in [-0.25, -0.2) is 0 Å². The first kappa shape index (κ1) is 12.3. The van der Waals surface area contributed by atoms with E-state index in [9.17, 15) is 4.79 Å². The molecule has 0 amide bonds. The largest absolute Gasteiger partial charge is 0.299 e. The Morgan fingerprint density at radius 2 is 2.24 bits per heavy atom. The molecule has 2 rings (SSSR count). The molecular weight excluding hydrogens is 210 g/mol. The molecule has 2 nitrogen and oxygen atoms in total. The number of carbonyl (C=O) groups excluding carboxylic acids is 1. The van der Waals surface area contributed by atoms with Gasteiger partial charge < -0.3 is 0 Å². The summed E-state index contributed by atoms with van der Waals surface area (Å²) >= 11 is 0. The van der Waals surface area contributed by atoms with Crippen LogP contribution >= 0.6 is 0 Å². The number of nitrogens with zero attached hydrogens (tertiary/aromatic N) is 1. The van der Waals surface area contributed by atoms with Crippen molar-refractivity contribution in [1.82, 2.24) is 4.98 Å². The van der Waals surface area contributed by atoms with Crippen molar-refractivity contribution in [1.29, 1.82) is 0 Å². The smallest absolute Gasteiger partial charge is 0.136 e. The van der Waals surface area contributed by atoms with Crippen molar-refractivity contribution in [3.8, 4) is 0 Å². The summed E-state index contributed by atoms with van der Waals surface area (Å²) in [5.74, 6) is 1.39. The maximum atomic E-state index is 11.9. The average Bonchev–Trinajstić information content (AvgIpc) is 2.32. The van der Waals surface area contributed by atoms with Crippen LogP contribution in [-0.2, 0) is 11.2 Å². The van der Waals surface area contributed by atoms with Crippen LogP contribution in [0.1, 0.15) is 44.0 Å². The molecule has 0 radical (unpaired) electrons. The van der Waals surface area contributed by atoms with E-state index in [4.69, 9.17) is 0 Å². The second-order valence-electron chi connectivity index (χ2n) is 5.19. The van der Waals surface area contributed by atoms with Gasteiger partial charge in [-0.3, -0.25) is 9.78 Å². The minimum atomic E-state index is 0.211. The molecular formula is C15H21NO.